The molecule has 1 N–H and O–H groups in total. The Hall–Kier alpha value is -1.61. The van der Waals surface area contributed by atoms with Gasteiger partial charge < -0.3 is 10.0 Å². The average Bonchev–Trinajstić information content (AvgIpc) is 2.27. The first-order valence-electron chi connectivity index (χ1n) is 6.38. The van der Waals surface area contributed by atoms with E-state index in [4.69, 9.17) is 5.26 Å². The van der Waals surface area contributed by atoms with Crippen LogP contribution in [0.3, 0.4) is 0 Å². The molecule has 1 fully saturated rings. The largest absolute Gasteiger partial charge is 0.481 e. The highest BCUT2D eigenvalue weighted by atomic mass is 16.4. The van der Waals surface area contributed by atoms with Crippen molar-refractivity contribution in [3.63, 3.8) is 0 Å². The van der Waals surface area contributed by atoms with Gasteiger partial charge >= 0.3 is 5.97 Å². The lowest BCUT2D eigenvalue weighted by atomic mass is 9.79. The van der Waals surface area contributed by atoms with Crippen LogP contribution in [0.1, 0.15) is 20.8 Å². The number of rotatable bonds is 3. The fourth-order valence-corrected chi connectivity index (χ4v) is 2.26. The van der Waals surface area contributed by atoms with E-state index in [2.05, 4.69) is 6.07 Å². The number of piperazine rings is 1. The first-order chi connectivity index (χ1) is 8.77. The minimum atomic E-state index is -1.07. The maximum Gasteiger partial charge on any atom is 0.316 e. The molecule has 1 atom stereocenters. The summed E-state index contributed by atoms with van der Waals surface area (Å²) in [5.74, 6) is -2.41. The Morgan fingerprint density at radius 3 is 2.16 bits per heavy atom. The highest BCUT2D eigenvalue weighted by Crippen LogP contribution is 2.28. The number of hydrogen-bond acceptors (Lipinski definition) is 4. The van der Waals surface area contributed by atoms with Crippen LogP contribution in [-0.2, 0) is 9.59 Å². The first-order valence-corrected chi connectivity index (χ1v) is 6.38. The Bertz CT molecular complexity index is 387. The van der Waals surface area contributed by atoms with E-state index in [9.17, 15) is 14.7 Å². The summed E-state index contributed by atoms with van der Waals surface area (Å²) in [6.07, 6.45) is 0. The molecule has 0 spiro atoms. The van der Waals surface area contributed by atoms with Crippen molar-refractivity contribution in [1.82, 2.24) is 9.80 Å². The zero-order chi connectivity index (χ0) is 14.6. The molecular formula is C13H21N3O3. The van der Waals surface area contributed by atoms with Gasteiger partial charge in [-0.2, -0.15) is 5.26 Å². The summed E-state index contributed by atoms with van der Waals surface area (Å²) in [5, 5.41) is 17.9. The number of carbonyl (C=O) groups is 2. The van der Waals surface area contributed by atoms with Gasteiger partial charge in [0.25, 0.3) is 0 Å². The number of carbonyl (C=O) groups excluding carboxylic acids is 1. The predicted octanol–water partition coefficient (Wildman–Crippen LogP) is 0.401. The van der Waals surface area contributed by atoms with Crippen LogP contribution in [0.2, 0.25) is 0 Å². The standard InChI is InChI=1S/C13H21N3O3/c1-13(2,3)10(12(18)19)11(17)16-8-6-15(5-4-14)7-9-16/h10H,5-9H2,1-3H3,(H,18,19). The summed E-state index contributed by atoms with van der Waals surface area (Å²) in [6, 6.07) is 2.08. The Balaban J connectivity index is 2.69. The zero-order valence-electron chi connectivity index (χ0n) is 11.7. The molecular weight excluding hydrogens is 246 g/mol. The summed E-state index contributed by atoms with van der Waals surface area (Å²) >= 11 is 0. The van der Waals surface area contributed by atoms with E-state index < -0.39 is 17.3 Å². The Labute approximate surface area is 113 Å². The smallest absolute Gasteiger partial charge is 0.316 e. The third-order valence-electron chi connectivity index (χ3n) is 3.34. The van der Waals surface area contributed by atoms with Gasteiger partial charge in [-0.05, 0) is 5.41 Å². The van der Waals surface area contributed by atoms with Crippen molar-refractivity contribution in [1.29, 1.82) is 5.26 Å². The van der Waals surface area contributed by atoms with Gasteiger partial charge in [-0.3, -0.25) is 14.5 Å². The van der Waals surface area contributed by atoms with Crippen molar-refractivity contribution < 1.29 is 14.7 Å². The van der Waals surface area contributed by atoms with Crippen LogP contribution in [0.25, 0.3) is 0 Å². The highest BCUT2D eigenvalue weighted by molar-refractivity contribution is 5.97. The molecule has 1 rings (SSSR count). The molecule has 0 bridgehead atoms. The van der Waals surface area contributed by atoms with E-state index in [0.717, 1.165) is 0 Å². The van der Waals surface area contributed by atoms with E-state index >= 15 is 0 Å². The van der Waals surface area contributed by atoms with Gasteiger partial charge in [0.15, 0.2) is 0 Å². The van der Waals surface area contributed by atoms with E-state index in [1.807, 2.05) is 4.90 Å². The Kier molecular flexibility index (Phi) is 4.90. The molecule has 106 valence electrons. The number of carboxylic acid groups (broad SMARTS) is 1. The summed E-state index contributed by atoms with van der Waals surface area (Å²) in [6.45, 7) is 7.84. The molecule has 0 aliphatic carbocycles. The van der Waals surface area contributed by atoms with Crippen molar-refractivity contribution in [3.05, 3.63) is 0 Å². The minimum Gasteiger partial charge on any atom is -0.481 e. The SMILES string of the molecule is CC(C)(C)C(C(=O)O)C(=O)N1CCN(CC#N)CC1. The maximum absolute atomic E-state index is 12.3. The zero-order valence-corrected chi connectivity index (χ0v) is 11.7. The second-order valence-electron chi connectivity index (χ2n) is 5.90. The van der Waals surface area contributed by atoms with Crippen LogP contribution in [0.15, 0.2) is 0 Å². The number of nitrogens with zero attached hydrogens (tertiary/aromatic N) is 3. The summed E-state index contributed by atoms with van der Waals surface area (Å²) in [5.41, 5.74) is -0.604. The molecule has 0 saturated carbocycles. The van der Waals surface area contributed by atoms with Gasteiger partial charge in [0.1, 0.15) is 5.92 Å². The fourth-order valence-electron chi connectivity index (χ4n) is 2.26. The molecule has 0 aromatic carbocycles. The van der Waals surface area contributed by atoms with E-state index in [-0.39, 0.29) is 5.91 Å². The molecule has 1 saturated heterocycles. The van der Waals surface area contributed by atoms with Crippen LogP contribution in [0, 0.1) is 22.7 Å². The van der Waals surface area contributed by atoms with Crippen LogP contribution in [-0.4, -0.2) is 59.5 Å². The monoisotopic (exact) mass is 267 g/mol. The lowest BCUT2D eigenvalue weighted by molar-refractivity contribution is -0.157. The number of carboxylic acids is 1. The minimum absolute atomic E-state index is 0.323. The lowest BCUT2D eigenvalue weighted by Crippen LogP contribution is -2.53. The number of amides is 1. The maximum atomic E-state index is 12.3. The van der Waals surface area contributed by atoms with E-state index in [1.54, 1.807) is 25.7 Å². The van der Waals surface area contributed by atoms with Gasteiger partial charge in [-0.1, -0.05) is 20.8 Å². The lowest BCUT2D eigenvalue weighted by Gasteiger charge is -2.37. The molecule has 1 aliphatic heterocycles. The molecule has 6 heteroatoms. The second kappa shape index (κ2) is 6.02. The molecule has 0 radical (unpaired) electrons. The molecule has 0 aromatic rings. The summed E-state index contributed by atoms with van der Waals surface area (Å²) in [4.78, 5) is 27.2. The molecule has 19 heavy (non-hydrogen) atoms. The predicted molar refractivity (Wildman–Crippen MR) is 69.2 cm³/mol. The Morgan fingerprint density at radius 1 is 1.26 bits per heavy atom. The van der Waals surface area contributed by atoms with Crippen LogP contribution in [0.5, 0.6) is 0 Å². The molecule has 1 unspecified atom stereocenters. The summed E-state index contributed by atoms with van der Waals surface area (Å²) in [7, 11) is 0. The van der Waals surface area contributed by atoms with Gasteiger partial charge in [-0.15, -0.1) is 0 Å². The molecule has 1 amide bonds. The van der Waals surface area contributed by atoms with Gasteiger partial charge in [0.05, 0.1) is 12.6 Å². The van der Waals surface area contributed by atoms with Crippen LogP contribution < -0.4 is 0 Å². The topological polar surface area (TPSA) is 84.6 Å². The van der Waals surface area contributed by atoms with Gasteiger partial charge in [-0.25, -0.2) is 0 Å². The van der Waals surface area contributed by atoms with E-state index in [1.165, 1.54) is 0 Å². The summed E-state index contributed by atoms with van der Waals surface area (Å²) < 4.78 is 0. The van der Waals surface area contributed by atoms with Crippen molar-refractivity contribution in [2.45, 2.75) is 20.8 Å². The van der Waals surface area contributed by atoms with Crippen molar-refractivity contribution in [2.75, 3.05) is 32.7 Å². The first kappa shape index (κ1) is 15.4. The van der Waals surface area contributed by atoms with Gasteiger partial charge in [0, 0.05) is 26.2 Å². The second-order valence-corrected chi connectivity index (χ2v) is 5.90. The molecule has 6 nitrogen and oxygen atoms in total. The third-order valence-corrected chi connectivity index (χ3v) is 3.34. The highest BCUT2D eigenvalue weighted by Gasteiger charge is 2.40. The van der Waals surface area contributed by atoms with Crippen LogP contribution >= 0.6 is 0 Å². The number of aliphatic carboxylic acids is 1. The number of hydrogen-bond donors (Lipinski definition) is 1. The molecule has 1 aliphatic rings. The number of nitriles is 1. The van der Waals surface area contributed by atoms with Crippen molar-refractivity contribution in [3.8, 4) is 6.07 Å². The quantitative estimate of drug-likeness (QED) is 0.591. The van der Waals surface area contributed by atoms with Crippen molar-refractivity contribution >= 4 is 11.9 Å². The average molecular weight is 267 g/mol. The van der Waals surface area contributed by atoms with Gasteiger partial charge in [0.2, 0.25) is 5.91 Å². The van der Waals surface area contributed by atoms with Crippen molar-refractivity contribution in [2.24, 2.45) is 11.3 Å². The third kappa shape index (κ3) is 3.93. The van der Waals surface area contributed by atoms with Crippen LogP contribution in [0.4, 0.5) is 0 Å². The molecule has 1 heterocycles. The Morgan fingerprint density at radius 2 is 1.79 bits per heavy atom. The molecule has 0 aromatic heterocycles. The fraction of sp³-hybridized carbons (Fsp3) is 0.769. The van der Waals surface area contributed by atoms with E-state index in [0.29, 0.717) is 32.7 Å². The normalized spacial score (nSPS) is 18.7.